The molecule has 140 valence electrons. The number of aromatic nitrogens is 1. The van der Waals surface area contributed by atoms with Gasteiger partial charge in [-0.1, -0.05) is 48.0 Å². The van der Waals surface area contributed by atoms with Crippen molar-refractivity contribution >= 4 is 41.3 Å². The number of ether oxygens (including phenoxy) is 1. The molecule has 6 heteroatoms. The van der Waals surface area contributed by atoms with Gasteiger partial charge in [0.05, 0.1) is 12.2 Å². The van der Waals surface area contributed by atoms with Crippen LogP contribution >= 0.6 is 11.6 Å². The number of benzene rings is 2. The number of pyridine rings is 1. The van der Waals surface area contributed by atoms with Gasteiger partial charge in [-0.3, -0.25) is 4.90 Å². The highest BCUT2D eigenvalue weighted by atomic mass is 35.5. The van der Waals surface area contributed by atoms with Crippen molar-refractivity contribution in [2.45, 2.75) is 0 Å². The van der Waals surface area contributed by atoms with Gasteiger partial charge in [-0.15, -0.1) is 0 Å². The third kappa shape index (κ3) is 4.15. The zero-order valence-electron chi connectivity index (χ0n) is 15.0. The van der Waals surface area contributed by atoms with Crippen molar-refractivity contribution in [2.75, 3.05) is 23.4 Å². The number of urea groups is 1. The molecule has 1 aliphatic heterocycles. The normalized spacial score (nSPS) is 13.1. The van der Waals surface area contributed by atoms with Crippen LogP contribution in [0.3, 0.4) is 0 Å². The second-order valence-electron chi connectivity index (χ2n) is 6.24. The molecular formula is C22H18ClN3O2. The first kappa shape index (κ1) is 18.1. The van der Waals surface area contributed by atoms with E-state index in [0.717, 1.165) is 16.9 Å². The minimum Gasteiger partial charge on any atom is -0.488 e. The number of carbonyl (C=O) groups is 1. The first-order chi connectivity index (χ1) is 13.7. The molecule has 0 aliphatic carbocycles. The van der Waals surface area contributed by atoms with Crippen LogP contribution in [0.5, 0.6) is 5.75 Å². The van der Waals surface area contributed by atoms with Gasteiger partial charge in [0.15, 0.2) is 11.6 Å². The Labute approximate surface area is 168 Å². The zero-order chi connectivity index (χ0) is 19.3. The summed E-state index contributed by atoms with van der Waals surface area (Å²) < 4.78 is 5.66. The Kier molecular flexibility index (Phi) is 5.26. The first-order valence-corrected chi connectivity index (χ1v) is 9.28. The van der Waals surface area contributed by atoms with E-state index >= 15 is 0 Å². The van der Waals surface area contributed by atoms with Crippen molar-refractivity contribution in [2.24, 2.45) is 0 Å². The Morgan fingerprint density at radius 3 is 2.61 bits per heavy atom. The molecule has 0 fully saturated rings. The van der Waals surface area contributed by atoms with Crippen LogP contribution in [-0.2, 0) is 0 Å². The molecule has 1 aliphatic rings. The summed E-state index contributed by atoms with van der Waals surface area (Å²) in [5, 5.41) is 3.59. The molecule has 5 nitrogen and oxygen atoms in total. The molecular weight excluding hydrogens is 374 g/mol. The minimum atomic E-state index is -0.234. The third-order valence-electron chi connectivity index (χ3n) is 4.28. The van der Waals surface area contributed by atoms with Crippen LogP contribution in [-0.4, -0.2) is 24.2 Å². The van der Waals surface area contributed by atoms with E-state index in [1.165, 1.54) is 0 Å². The number of amides is 2. The molecule has 0 radical (unpaired) electrons. The van der Waals surface area contributed by atoms with E-state index in [0.29, 0.717) is 29.7 Å². The Morgan fingerprint density at radius 1 is 1.04 bits per heavy atom. The number of hydrogen-bond acceptors (Lipinski definition) is 3. The molecule has 2 aromatic carbocycles. The van der Waals surface area contributed by atoms with Gasteiger partial charge in [0.25, 0.3) is 0 Å². The molecule has 2 heterocycles. The Hall–Kier alpha value is -3.31. The van der Waals surface area contributed by atoms with Gasteiger partial charge in [0.1, 0.15) is 6.61 Å². The lowest BCUT2D eigenvalue weighted by Gasteiger charge is -2.28. The minimum absolute atomic E-state index is 0.234. The van der Waals surface area contributed by atoms with Crippen molar-refractivity contribution in [3.8, 4) is 5.75 Å². The lowest BCUT2D eigenvalue weighted by molar-refractivity contribution is 0.249. The van der Waals surface area contributed by atoms with E-state index in [-0.39, 0.29) is 6.03 Å². The number of fused-ring (bicyclic) bond motifs is 1. The number of halogens is 1. The molecule has 2 amide bonds. The first-order valence-electron chi connectivity index (χ1n) is 8.90. The van der Waals surface area contributed by atoms with Crippen molar-refractivity contribution < 1.29 is 9.53 Å². The number of nitrogens with one attached hydrogen (secondary N) is 1. The lowest BCUT2D eigenvalue weighted by Crippen LogP contribution is -2.41. The van der Waals surface area contributed by atoms with Crippen LogP contribution in [0.4, 0.5) is 16.3 Å². The second kappa shape index (κ2) is 8.15. The lowest BCUT2D eigenvalue weighted by atomic mass is 10.2. The van der Waals surface area contributed by atoms with E-state index in [9.17, 15) is 4.79 Å². The van der Waals surface area contributed by atoms with E-state index in [4.69, 9.17) is 16.3 Å². The summed E-state index contributed by atoms with van der Waals surface area (Å²) in [6.07, 6.45) is 3.84. The van der Waals surface area contributed by atoms with Gasteiger partial charge < -0.3 is 10.1 Å². The summed E-state index contributed by atoms with van der Waals surface area (Å²) in [7, 11) is 0. The number of carbonyl (C=O) groups excluding carboxylic acids is 1. The quantitative estimate of drug-likeness (QED) is 0.656. The van der Waals surface area contributed by atoms with Crippen molar-refractivity contribution in [3.63, 3.8) is 0 Å². The Balaban J connectivity index is 1.56. The SMILES string of the molecule is O=C(Nc1ccccc1)N1CCOc2ccc(/C=C/c3ccc(Cl)cc3)nc21. The molecule has 0 spiro atoms. The van der Waals surface area contributed by atoms with Crippen LogP contribution in [0.2, 0.25) is 5.02 Å². The summed E-state index contributed by atoms with van der Waals surface area (Å²) in [5.41, 5.74) is 2.48. The molecule has 0 unspecified atom stereocenters. The zero-order valence-corrected chi connectivity index (χ0v) is 15.8. The largest absolute Gasteiger partial charge is 0.488 e. The molecule has 0 bridgehead atoms. The number of para-hydroxylation sites is 1. The number of anilines is 2. The maximum absolute atomic E-state index is 12.7. The van der Waals surface area contributed by atoms with Crippen molar-refractivity contribution in [3.05, 3.63) is 83.0 Å². The highest BCUT2D eigenvalue weighted by molar-refractivity contribution is 6.30. The average molecular weight is 392 g/mol. The van der Waals surface area contributed by atoms with Gasteiger partial charge in [0.2, 0.25) is 0 Å². The smallest absolute Gasteiger partial charge is 0.327 e. The predicted molar refractivity (Wildman–Crippen MR) is 113 cm³/mol. The predicted octanol–water partition coefficient (Wildman–Crippen LogP) is 5.34. The van der Waals surface area contributed by atoms with Gasteiger partial charge in [-0.25, -0.2) is 9.78 Å². The van der Waals surface area contributed by atoms with Gasteiger partial charge in [-0.2, -0.15) is 0 Å². The molecule has 0 saturated carbocycles. The summed E-state index contributed by atoms with van der Waals surface area (Å²) >= 11 is 5.92. The molecule has 1 N–H and O–H groups in total. The summed E-state index contributed by atoms with van der Waals surface area (Å²) in [5.74, 6) is 1.11. The average Bonchev–Trinajstić information content (AvgIpc) is 2.73. The maximum atomic E-state index is 12.7. The standard InChI is InChI=1S/C22H18ClN3O2/c23-17-9-6-16(7-10-17)8-11-19-12-13-20-21(24-19)26(14-15-28-20)22(27)25-18-4-2-1-3-5-18/h1-13H,14-15H2,(H,25,27)/b11-8+. The number of rotatable bonds is 3. The Morgan fingerprint density at radius 2 is 1.82 bits per heavy atom. The van der Waals surface area contributed by atoms with Crippen LogP contribution in [0.15, 0.2) is 66.7 Å². The maximum Gasteiger partial charge on any atom is 0.327 e. The molecule has 0 saturated heterocycles. The molecule has 1 aromatic heterocycles. The topological polar surface area (TPSA) is 54.5 Å². The number of nitrogens with zero attached hydrogens (tertiary/aromatic N) is 2. The van der Waals surface area contributed by atoms with Crippen molar-refractivity contribution in [1.82, 2.24) is 4.98 Å². The molecule has 4 rings (SSSR count). The number of hydrogen-bond donors (Lipinski definition) is 1. The van der Waals surface area contributed by atoms with Gasteiger partial charge in [-0.05, 0) is 48.0 Å². The van der Waals surface area contributed by atoms with Crippen LogP contribution in [0.1, 0.15) is 11.3 Å². The fourth-order valence-corrected chi connectivity index (χ4v) is 2.99. The second-order valence-corrected chi connectivity index (χ2v) is 6.68. The van der Waals surface area contributed by atoms with Crippen LogP contribution in [0.25, 0.3) is 12.2 Å². The van der Waals surface area contributed by atoms with E-state index in [1.807, 2.05) is 78.9 Å². The Bertz CT molecular complexity index is 1000. The van der Waals surface area contributed by atoms with E-state index in [2.05, 4.69) is 10.3 Å². The van der Waals surface area contributed by atoms with Gasteiger partial charge >= 0.3 is 6.03 Å². The summed E-state index contributed by atoms with van der Waals surface area (Å²) in [6.45, 7) is 0.861. The molecule has 0 atom stereocenters. The monoisotopic (exact) mass is 391 g/mol. The highest BCUT2D eigenvalue weighted by Gasteiger charge is 2.25. The third-order valence-corrected chi connectivity index (χ3v) is 4.53. The fraction of sp³-hybridized carbons (Fsp3) is 0.0909. The van der Waals surface area contributed by atoms with Gasteiger partial charge in [0, 0.05) is 10.7 Å². The molecule has 28 heavy (non-hydrogen) atoms. The van der Waals surface area contributed by atoms with E-state index < -0.39 is 0 Å². The summed E-state index contributed by atoms with van der Waals surface area (Å²) in [6, 6.07) is 20.4. The van der Waals surface area contributed by atoms with E-state index in [1.54, 1.807) is 4.90 Å². The highest BCUT2D eigenvalue weighted by Crippen LogP contribution is 2.30. The van der Waals surface area contributed by atoms with Crippen LogP contribution in [0, 0.1) is 0 Å². The van der Waals surface area contributed by atoms with Crippen LogP contribution < -0.4 is 15.0 Å². The summed E-state index contributed by atoms with van der Waals surface area (Å²) in [4.78, 5) is 19.0. The fourth-order valence-electron chi connectivity index (χ4n) is 2.87. The van der Waals surface area contributed by atoms with Crippen molar-refractivity contribution in [1.29, 1.82) is 0 Å². The molecule has 3 aromatic rings.